The molecule has 8 rings (SSSR count). The number of likely N-dealkylation sites (N-methyl/N-ethyl adjacent to an activating group) is 7. The van der Waals surface area contributed by atoms with Crippen LogP contribution in [0, 0.1) is 24.7 Å². The van der Waals surface area contributed by atoms with E-state index in [0.717, 1.165) is 63.0 Å². The van der Waals surface area contributed by atoms with E-state index in [1.807, 2.05) is 26.0 Å². The first-order valence-corrected chi connectivity index (χ1v) is 36.4. The number of aryl methyl sites for hydroxylation is 2. The molecule has 8 atom stereocenters. The van der Waals surface area contributed by atoms with Gasteiger partial charge in [-0.05, 0) is 125 Å². The summed E-state index contributed by atoms with van der Waals surface area (Å²) >= 11 is 6.16. The van der Waals surface area contributed by atoms with Crippen molar-refractivity contribution in [3.8, 4) is 0 Å². The molecule has 0 radical (unpaired) electrons. The zero-order chi connectivity index (χ0) is 73.9. The first kappa shape index (κ1) is 78.9. The highest BCUT2D eigenvalue weighted by molar-refractivity contribution is 6.31. The standard InChI is InChI=1S/C73H104ClF3N12O12/c1-11-46(3)61-69(99)83(6)43-59(92)81(4)44-60(93)84(7)55(40-48-28-26-45(2)27-29-48)67(97)82(5)42-57(90)78-53(33-31-47-30-32-51(52(74)39-47)73(75,76)77)66(96)89-38-20-25-54(89)64(94)80-72(34-15-16-35-72)71(101)87(10)63(50-21-13-12-14-22-50)70(100)85(8)56(68(98)88-36-17-18-37-88)41-58(91)86(9)62(65(95)79-61)49-23-19-24-49/h26-30,32,39,46,49-50,53-56,61-63H,11-25,31,33-38,40-44H2,1-10H3,(H,78,90)(H,79,95)(H,80,94)/t46-,53-,54?,55-,56-,61-,62-,63-/m0/s1. The van der Waals surface area contributed by atoms with Crippen LogP contribution in [0.25, 0.3) is 0 Å². The zero-order valence-electron chi connectivity index (χ0n) is 60.3. The van der Waals surface area contributed by atoms with E-state index in [4.69, 9.17) is 11.6 Å². The molecule has 0 bridgehead atoms. The summed E-state index contributed by atoms with van der Waals surface area (Å²) in [5, 5.41) is 8.18. The fourth-order valence-electron chi connectivity index (χ4n) is 15.4. The number of benzene rings is 2. The van der Waals surface area contributed by atoms with Crippen LogP contribution in [0.1, 0.15) is 158 Å². The molecule has 2 aromatic carbocycles. The van der Waals surface area contributed by atoms with Crippen molar-refractivity contribution in [1.29, 1.82) is 0 Å². The third-order valence-corrected chi connectivity index (χ3v) is 22.5. The largest absolute Gasteiger partial charge is 0.417 e. The van der Waals surface area contributed by atoms with Gasteiger partial charge in [-0.1, -0.05) is 106 Å². The number of carbonyl (C=O) groups excluding carboxylic acids is 12. The molecule has 1 unspecified atom stereocenters. The van der Waals surface area contributed by atoms with Crippen molar-refractivity contribution in [3.63, 3.8) is 0 Å². The summed E-state index contributed by atoms with van der Waals surface area (Å²) in [5.41, 5.74) is -0.805. The van der Waals surface area contributed by atoms with Crippen LogP contribution >= 0.6 is 11.6 Å². The second-order valence-corrected chi connectivity index (χ2v) is 29.7. The lowest BCUT2D eigenvalue weighted by Gasteiger charge is -2.43. The fourth-order valence-corrected chi connectivity index (χ4v) is 15.7. The third kappa shape index (κ3) is 18.9. The molecule has 3 aliphatic carbocycles. The van der Waals surface area contributed by atoms with E-state index in [1.54, 1.807) is 24.0 Å². The molecule has 6 fully saturated rings. The average Bonchev–Trinajstić information content (AvgIpc) is 1.56. The van der Waals surface area contributed by atoms with Crippen LogP contribution < -0.4 is 16.0 Å². The zero-order valence-corrected chi connectivity index (χ0v) is 61.1. The van der Waals surface area contributed by atoms with E-state index in [9.17, 15) is 46.7 Å². The predicted molar refractivity (Wildman–Crippen MR) is 371 cm³/mol. The number of amides is 12. The maximum Gasteiger partial charge on any atom is 0.417 e. The van der Waals surface area contributed by atoms with E-state index in [1.165, 1.54) is 75.0 Å². The van der Waals surface area contributed by atoms with Gasteiger partial charge in [-0.3, -0.25) is 57.5 Å². The van der Waals surface area contributed by atoms with E-state index >= 15 is 24.0 Å². The summed E-state index contributed by atoms with van der Waals surface area (Å²) in [6, 6.07) is 1.56. The molecule has 6 aliphatic rings. The highest BCUT2D eigenvalue weighted by Gasteiger charge is 2.52. The second-order valence-electron chi connectivity index (χ2n) is 29.3. The Kier molecular flexibility index (Phi) is 26.9. The smallest absolute Gasteiger partial charge is 0.343 e. The lowest BCUT2D eigenvalue weighted by Crippen LogP contribution is -2.65. The molecule has 3 saturated carbocycles. The van der Waals surface area contributed by atoms with Gasteiger partial charge in [0.1, 0.15) is 47.8 Å². The van der Waals surface area contributed by atoms with Crippen LogP contribution in [0.5, 0.6) is 0 Å². The number of likely N-dealkylation sites (tertiary alicyclic amines) is 1. The number of hydrogen-bond acceptors (Lipinski definition) is 12. The SMILES string of the molecule is CC[C@H](C)[C@@H]1NC(=O)[C@H](C2CCC2)N(C)C(=O)C[C@@H](C(=O)N2CCCC2)N(C)C(=O)[C@H](C2CCCCC2)N(C)C(=O)C2(CCCC2)NC(=O)C2CCCN2C(=O)[C@H](CCc2ccc(C(F)(F)F)c(Cl)c2)NC(=O)CN(C)C(=O)[C@H](Cc2ccc(C)cc2)N(C)C(=O)CN(C)C(=O)CN(C)C1=O. The van der Waals surface area contributed by atoms with Crippen LogP contribution in [0.4, 0.5) is 13.2 Å². The van der Waals surface area contributed by atoms with Crippen LogP contribution in [0.15, 0.2) is 42.5 Å². The van der Waals surface area contributed by atoms with Crippen molar-refractivity contribution in [2.75, 3.05) is 88.6 Å². The molecule has 12 amide bonds. The van der Waals surface area contributed by atoms with Gasteiger partial charge in [0.25, 0.3) is 0 Å². The van der Waals surface area contributed by atoms with E-state index in [-0.39, 0.29) is 56.6 Å². The van der Waals surface area contributed by atoms with Crippen molar-refractivity contribution < 1.29 is 70.7 Å². The van der Waals surface area contributed by atoms with Gasteiger partial charge in [-0.25, -0.2) is 0 Å². The first-order valence-electron chi connectivity index (χ1n) is 36.0. The van der Waals surface area contributed by atoms with Crippen molar-refractivity contribution in [2.45, 2.75) is 210 Å². The summed E-state index contributed by atoms with van der Waals surface area (Å²) in [6.45, 7) is 4.48. The van der Waals surface area contributed by atoms with Crippen molar-refractivity contribution in [2.24, 2.45) is 17.8 Å². The van der Waals surface area contributed by atoms with Crippen molar-refractivity contribution in [1.82, 2.24) is 60.0 Å². The van der Waals surface area contributed by atoms with Crippen LogP contribution in [0.2, 0.25) is 5.02 Å². The molecule has 28 heteroatoms. The second kappa shape index (κ2) is 34.4. The van der Waals surface area contributed by atoms with Crippen LogP contribution in [-0.2, 0) is 76.6 Å². The van der Waals surface area contributed by atoms with E-state index in [0.29, 0.717) is 82.9 Å². The Bertz CT molecular complexity index is 3370. The predicted octanol–water partition coefficient (Wildman–Crippen LogP) is 5.37. The Morgan fingerprint density at radius 1 is 0.604 bits per heavy atom. The van der Waals surface area contributed by atoms with Gasteiger partial charge in [0, 0.05) is 75.4 Å². The minimum atomic E-state index is -4.77. The number of nitrogens with one attached hydrogen (secondary N) is 3. The summed E-state index contributed by atoms with van der Waals surface area (Å²) < 4.78 is 41.7. The summed E-state index contributed by atoms with van der Waals surface area (Å²) in [5.74, 6) is -9.04. The molecular formula is C73H104ClF3N12O12. The van der Waals surface area contributed by atoms with Gasteiger partial charge < -0.3 is 60.0 Å². The summed E-state index contributed by atoms with van der Waals surface area (Å²) in [4.78, 5) is 191. The maximum atomic E-state index is 15.8. The van der Waals surface area contributed by atoms with Crippen LogP contribution in [-0.4, -0.2) is 251 Å². The molecular weight excluding hydrogens is 1330 g/mol. The quantitative estimate of drug-likeness (QED) is 0.271. The molecule has 556 valence electrons. The number of carbonyl (C=O) groups is 12. The Hall–Kier alpha value is -7.84. The lowest BCUT2D eigenvalue weighted by atomic mass is 9.78. The maximum absolute atomic E-state index is 15.8. The highest BCUT2D eigenvalue weighted by Crippen LogP contribution is 2.39. The van der Waals surface area contributed by atoms with Crippen LogP contribution in [0.3, 0.4) is 0 Å². The molecule has 3 N–H and O–H groups in total. The number of rotatable bonds is 10. The van der Waals surface area contributed by atoms with E-state index in [2.05, 4.69) is 16.0 Å². The fraction of sp³-hybridized carbons (Fsp3) is 0.671. The van der Waals surface area contributed by atoms with Crippen molar-refractivity contribution in [3.05, 3.63) is 69.7 Å². The number of nitrogens with zero attached hydrogens (tertiary/aromatic N) is 9. The first-order chi connectivity index (χ1) is 47.8. The highest BCUT2D eigenvalue weighted by atomic mass is 35.5. The lowest BCUT2D eigenvalue weighted by molar-refractivity contribution is -0.157. The Morgan fingerprint density at radius 2 is 1.21 bits per heavy atom. The Morgan fingerprint density at radius 3 is 1.81 bits per heavy atom. The van der Waals surface area contributed by atoms with Gasteiger partial charge >= 0.3 is 6.18 Å². The topological polar surface area (TPSA) is 270 Å². The van der Waals surface area contributed by atoms with Gasteiger partial charge in [-0.2, -0.15) is 13.2 Å². The molecule has 3 saturated heterocycles. The molecule has 2 aromatic rings. The number of fused-ring (bicyclic) bond motifs is 1. The summed E-state index contributed by atoms with van der Waals surface area (Å²) in [7, 11) is 9.92. The van der Waals surface area contributed by atoms with Gasteiger partial charge in [0.05, 0.1) is 36.6 Å². The molecule has 24 nitrogen and oxygen atoms in total. The number of hydrogen-bond donors (Lipinski definition) is 3. The van der Waals surface area contributed by atoms with Gasteiger partial charge in [-0.15, -0.1) is 0 Å². The van der Waals surface area contributed by atoms with E-state index < -0.39 is 173 Å². The minimum Gasteiger partial charge on any atom is -0.343 e. The Balaban J connectivity index is 1.17. The molecule has 101 heavy (non-hydrogen) atoms. The minimum absolute atomic E-state index is 0.0264. The van der Waals surface area contributed by atoms with Gasteiger partial charge in [0.15, 0.2) is 0 Å². The normalized spacial score (nSPS) is 26.3. The van der Waals surface area contributed by atoms with Crippen molar-refractivity contribution >= 4 is 82.5 Å². The average molecular weight is 1430 g/mol. The molecule has 0 aromatic heterocycles. The number of alkyl halides is 3. The number of halogens is 4. The monoisotopic (exact) mass is 1430 g/mol. The molecule has 3 heterocycles. The Labute approximate surface area is 596 Å². The molecule has 3 aliphatic heterocycles. The third-order valence-electron chi connectivity index (χ3n) is 22.2. The molecule has 1 spiro atoms. The van der Waals surface area contributed by atoms with Gasteiger partial charge in [0.2, 0.25) is 70.9 Å². The summed E-state index contributed by atoms with van der Waals surface area (Å²) in [6.07, 6.45) is 3.36.